The van der Waals surface area contributed by atoms with Crippen LogP contribution in [-0.2, 0) is 4.74 Å². The molecule has 8 heteroatoms. The molecule has 1 aliphatic rings. The largest absolute Gasteiger partial charge is 0.381 e. The molecule has 1 aliphatic heterocycles. The number of nitrogens with zero attached hydrogens (tertiary/aromatic N) is 4. The average Bonchev–Trinajstić information content (AvgIpc) is 3.07. The fourth-order valence-corrected chi connectivity index (χ4v) is 3.12. The molecule has 0 spiro atoms. The molecule has 2 aromatic rings. The highest BCUT2D eigenvalue weighted by Crippen LogP contribution is 2.28. The fraction of sp³-hybridized carbons (Fsp3) is 0.429. The maximum absolute atomic E-state index is 9.05. The van der Waals surface area contributed by atoms with Crippen LogP contribution < -0.4 is 5.32 Å². The van der Waals surface area contributed by atoms with Crippen LogP contribution in [-0.4, -0.2) is 41.1 Å². The number of anilines is 1. The molecule has 0 aliphatic carbocycles. The van der Waals surface area contributed by atoms with Crippen molar-refractivity contribution in [2.75, 3.05) is 18.5 Å². The van der Waals surface area contributed by atoms with Crippen molar-refractivity contribution in [3.05, 3.63) is 23.5 Å². The Bertz CT molecular complexity index is 672. The first-order valence-corrected chi connectivity index (χ1v) is 8.12. The Hall–Kier alpha value is -1.98. The second-order valence-electron chi connectivity index (χ2n) is 5.34. The van der Waals surface area contributed by atoms with Crippen LogP contribution in [0.1, 0.15) is 5.69 Å². The van der Waals surface area contributed by atoms with Gasteiger partial charge in [-0.05, 0) is 25.6 Å². The molecular formula is C14H16BN5OS. The van der Waals surface area contributed by atoms with E-state index >= 15 is 0 Å². The summed E-state index contributed by atoms with van der Waals surface area (Å²) in [6.07, 6.45) is 3.45. The van der Waals surface area contributed by atoms with E-state index in [-0.39, 0.29) is 12.8 Å². The summed E-state index contributed by atoms with van der Waals surface area (Å²) in [4.78, 5) is 5.08. The highest BCUT2D eigenvalue weighted by atomic mass is 32.1. The van der Waals surface area contributed by atoms with Gasteiger partial charge in [0.1, 0.15) is 5.69 Å². The van der Waals surface area contributed by atoms with Crippen LogP contribution in [0.5, 0.6) is 0 Å². The topological polar surface area (TPSA) is 83.7 Å². The highest BCUT2D eigenvalue weighted by molar-refractivity contribution is 7.13. The van der Waals surface area contributed by atoms with Crippen molar-refractivity contribution in [1.29, 1.82) is 5.26 Å². The van der Waals surface area contributed by atoms with E-state index in [0.717, 1.165) is 34.6 Å². The van der Waals surface area contributed by atoms with Crippen molar-refractivity contribution >= 4 is 23.7 Å². The van der Waals surface area contributed by atoms with Gasteiger partial charge in [-0.3, -0.25) is 4.98 Å². The number of hydrogen-bond acceptors (Lipinski definition) is 7. The molecule has 0 saturated carbocycles. The first-order chi connectivity index (χ1) is 10.8. The number of ether oxygens (including phenoxy) is 1. The van der Waals surface area contributed by atoms with E-state index in [1.807, 2.05) is 13.0 Å². The maximum atomic E-state index is 9.05. The lowest BCUT2D eigenvalue weighted by Gasteiger charge is -2.25. The van der Waals surface area contributed by atoms with E-state index in [1.54, 1.807) is 11.7 Å². The lowest BCUT2D eigenvalue weighted by Crippen LogP contribution is -2.34. The molecule has 1 atom stereocenters. The minimum atomic E-state index is 0.0567. The van der Waals surface area contributed by atoms with Gasteiger partial charge in [0.25, 0.3) is 6.71 Å². The number of aryl methyl sites for hydroxylation is 1. The van der Waals surface area contributed by atoms with Crippen LogP contribution >= 0.6 is 11.3 Å². The first-order valence-electron chi connectivity index (χ1n) is 7.24. The summed E-state index contributed by atoms with van der Waals surface area (Å²) in [5, 5.41) is 20.9. The molecule has 0 radical (unpaired) electrons. The first kappa shape index (κ1) is 14.9. The summed E-state index contributed by atoms with van der Waals surface area (Å²) in [5.41, 5.74) is 4.37. The fourth-order valence-electron chi connectivity index (χ4n) is 2.50. The van der Waals surface area contributed by atoms with Gasteiger partial charge in [0.15, 0.2) is 0 Å². The minimum Gasteiger partial charge on any atom is -0.381 e. The monoisotopic (exact) mass is 313 g/mol. The number of rotatable bonds is 4. The average molecular weight is 313 g/mol. The molecule has 6 nitrogen and oxygen atoms in total. The summed E-state index contributed by atoms with van der Waals surface area (Å²) < 4.78 is 5.73. The summed E-state index contributed by atoms with van der Waals surface area (Å²) in [6.45, 7) is 3.32. The van der Waals surface area contributed by atoms with Crippen LogP contribution in [0.4, 0.5) is 5.69 Å². The quantitative estimate of drug-likeness (QED) is 0.872. The number of aromatic nitrogens is 3. The Morgan fingerprint density at radius 1 is 1.55 bits per heavy atom. The zero-order valence-electron chi connectivity index (χ0n) is 12.3. The van der Waals surface area contributed by atoms with E-state index in [2.05, 4.69) is 26.5 Å². The maximum Gasteiger partial charge on any atom is 0.272 e. The Balaban J connectivity index is 1.72. The standard InChI is InChI=1S/C14H16BN5OS/c1-10-4-12(14(20-19-10)13-7-17-9-22-13)18-6-11-5-15(8-16)2-3-21-11/h4,7,9,11H,2-3,5-6H2,1H3,(H,18,19). The molecular weight excluding hydrogens is 297 g/mol. The minimum absolute atomic E-state index is 0.0567. The molecule has 1 unspecified atom stereocenters. The smallest absolute Gasteiger partial charge is 0.272 e. The summed E-state index contributed by atoms with van der Waals surface area (Å²) >= 11 is 1.53. The molecule has 3 heterocycles. The summed E-state index contributed by atoms with van der Waals surface area (Å²) in [6, 6.07) is 1.98. The second kappa shape index (κ2) is 6.86. The predicted molar refractivity (Wildman–Crippen MR) is 87.1 cm³/mol. The molecule has 0 aromatic carbocycles. The Labute approximate surface area is 133 Å². The third-order valence-corrected chi connectivity index (χ3v) is 4.43. The van der Waals surface area contributed by atoms with Crippen LogP contribution in [0.3, 0.4) is 0 Å². The number of thiazole rings is 1. The van der Waals surface area contributed by atoms with Gasteiger partial charge < -0.3 is 10.1 Å². The predicted octanol–water partition coefficient (Wildman–Crippen LogP) is 2.28. The van der Waals surface area contributed by atoms with Crippen molar-refractivity contribution < 1.29 is 4.74 Å². The zero-order valence-corrected chi connectivity index (χ0v) is 13.1. The molecule has 3 rings (SSSR count). The summed E-state index contributed by atoms with van der Waals surface area (Å²) in [7, 11) is 0. The molecule has 1 saturated heterocycles. The lowest BCUT2D eigenvalue weighted by atomic mass is 9.45. The van der Waals surface area contributed by atoms with Gasteiger partial charge in [-0.15, -0.1) is 16.4 Å². The molecule has 0 bridgehead atoms. The zero-order chi connectivity index (χ0) is 15.4. The molecule has 22 heavy (non-hydrogen) atoms. The number of nitrogens with one attached hydrogen (secondary N) is 1. The van der Waals surface area contributed by atoms with Crippen LogP contribution in [0.2, 0.25) is 12.6 Å². The van der Waals surface area contributed by atoms with Crippen molar-refractivity contribution in [2.45, 2.75) is 25.7 Å². The SMILES string of the molecule is Cc1cc(NCC2CB(C#N)CCO2)c(-c2cncs2)nn1. The van der Waals surface area contributed by atoms with Crippen LogP contribution in [0.15, 0.2) is 17.8 Å². The van der Waals surface area contributed by atoms with Gasteiger partial charge >= 0.3 is 0 Å². The van der Waals surface area contributed by atoms with E-state index in [0.29, 0.717) is 13.2 Å². The Morgan fingerprint density at radius 2 is 2.45 bits per heavy atom. The van der Waals surface area contributed by atoms with Crippen LogP contribution in [0.25, 0.3) is 10.6 Å². The third kappa shape index (κ3) is 3.43. The third-order valence-electron chi connectivity index (χ3n) is 3.65. The van der Waals surface area contributed by atoms with Gasteiger partial charge in [-0.25, -0.2) is 5.26 Å². The van der Waals surface area contributed by atoms with Crippen molar-refractivity contribution in [1.82, 2.24) is 15.2 Å². The number of hydrogen-bond donors (Lipinski definition) is 1. The second-order valence-corrected chi connectivity index (χ2v) is 6.22. The van der Waals surface area contributed by atoms with Gasteiger partial charge in [0, 0.05) is 25.3 Å². The normalized spacial score (nSPS) is 18.0. The molecule has 1 fully saturated rings. The van der Waals surface area contributed by atoms with E-state index in [1.165, 1.54) is 11.3 Å². The Kier molecular flexibility index (Phi) is 4.66. The lowest BCUT2D eigenvalue weighted by molar-refractivity contribution is 0.0757. The van der Waals surface area contributed by atoms with Gasteiger partial charge in [0.2, 0.25) is 0 Å². The van der Waals surface area contributed by atoms with E-state index < -0.39 is 0 Å². The highest BCUT2D eigenvalue weighted by Gasteiger charge is 2.26. The van der Waals surface area contributed by atoms with E-state index in [9.17, 15) is 0 Å². The van der Waals surface area contributed by atoms with Crippen molar-refractivity contribution in [3.8, 4) is 16.5 Å². The molecule has 112 valence electrons. The van der Waals surface area contributed by atoms with Gasteiger partial charge in [-0.1, -0.05) is 0 Å². The van der Waals surface area contributed by atoms with Crippen LogP contribution in [0, 0.1) is 18.2 Å². The molecule has 2 aromatic heterocycles. The van der Waals surface area contributed by atoms with Gasteiger partial charge in [0.05, 0.1) is 27.9 Å². The molecule has 0 amide bonds. The molecule has 1 N–H and O–H groups in total. The van der Waals surface area contributed by atoms with Crippen molar-refractivity contribution in [2.24, 2.45) is 0 Å². The van der Waals surface area contributed by atoms with E-state index in [4.69, 9.17) is 10.00 Å². The Morgan fingerprint density at radius 3 is 3.23 bits per heavy atom. The van der Waals surface area contributed by atoms with Gasteiger partial charge in [-0.2, -0.15) is 5.10 Å². The number of nitriles is 1. The summed E-state index contributed by atoms with van der Waals surface area (Å²) in [5.74, 6) is 2.34. The van der Waals surface area contributed by atoms with Crippen molar-refractivity contribution in [3.63, 3.8) is 0 Å².